The second kappa shape index (κ2) is 9.29. The Morgan fingerprint density at radius 1 is 1.31 bits per heavy atom. The Kier molecular flexibility index (Phi) is 6.99. The maximum Gasteiger partial charge on any atom is 0.303 e. The molecular weight excluding hydrogens is 434 g/mol. The predicted octanol–water partition coefficient (Wildman–Crippen LogP) is 2.63. The lowest BCUT2D eigenvalue weighted by molar-refractivity contribution is -0.132. The molecule has 2 aromatic rings. The lowest BCUT2D eigenvalue weighted by atomic mass is 10.2. The van der Waals surface area contributed by atoms with Crippen molar-refractivity contribution in [1.82, 2.24) is 19.2 Å². The van der Waals surface area contributed by atoms with E-state index in [4.69, 9.17) is 11.6 Å². The number of thioether (sulfide) groups is 1. The van der Waals surface area contributed by atoms with E-state index in [1.807, 2.05) is 30.3 Å². The second-order valence-electron chi connectivity index (χ2n) is 6.74. The number of benzene rings is 1. The van der Waals surface area contributed by atoms with Crippen LogP contribution in [-0.4, -0.2) is 60.2 Å². The Balaban J connectivity index is 1.75. The largest absolute Gasteiger partial charge is 0.347 e. The zero-order valence-electron chi connectivity index (χ0n) is 16.1. The maximum atomic E-state index is 12.9. The van der Waals surface area contributed by atoms with Crippen LogP contribution in [0.5, 0.6) is 0 Å². The zero-order valence-corrected chi connectivity index (χ0v) is 18.5. The molecule has 8 nitrogen and oxygen atoms in total. The Morgan fingerprint density at radius 3 is 2.72 bits per heavy atom. The SMILES string of the molecule is CN(C)C(=O)[C@@H]1CCCN1S(=O)(=O)Nc1cc(Cl)nc(SCc2ccccc2)n1. The highest BCUT2D eigenvalue weighted by molar-refractivity contribution is 7.98. The number of hydrogen-bond donors (Lipinski definition) is 1. The molecule has 3 rings (SSSR count). The molecule has 11 heteroatoms. The van der Waals surface area contributed by atoms with Gasteiger partial charge in [-0.05, 0) is 18.4 Å². The Bertz CT molecular complexity index is 973. The number of carbonyl (C=O) groups is 1. The summed E-state index contributed by atoms with van der Waals surface area (Å²) in [5.41, 5.74) is 1.09. The van der Waals surface area contributed by atoms with Crippen LogP contribution in [0.4, 0.5) is 5.82 Å². The van der Waals surface area contributed by atoms with Crippen molar-refractivity contribution in [2.75, 3.05) is 25.4 Å². The van der Waals surface area contributed by atoms with E-state index in [1.54, 1.807) is 14.1 Å². The van der Waals surface area contributed by atoms with E-state index >= 15 is 0 Å². The molecule has 1 aliphatic rings. The van der Waals surface area contributed by atoms with Crippen LogP contribution >= 0.6 is 23.4 Å². The third-order valence-corrected chi connectivity index (χ3v) is 6.99. The van der Waals surface area contributed by atoms with Gasteiger partial charge in [-0.15, -0.1) is 0 Å². The molecule has 0 bridgehead atoms. The van der Waals surface area contributed by atoms with Crippen molar-refractivity contribution >= 4 is 45.3 Å². The Hall–Kier alpha value is -1.88. The first kappa shape index (κ1) is 21.8. The first-order valence-electron chi connectivity index (χ1n) is 8.98. The van der Waals surface area contributed by atoms with Gasteiger partial charge in [0, 0.05) is 32.5 Å². The molecule has 0 unspecified atom stereocenters. The standard InChI is InChI=1S/C18H22ClN5O3S2/c1-23(2)17(25)14-9-6-10-24(14)29(26,27)22-16-11-15(19)20-18(21-16)28-12-13-7-4-3-5-8-13/h3-5,7-8,11,14H,6,9-10,12H2,1-2H3,(H,20,21,22)/t14-/m0/s1. The fourth-order valence-corrected chi connectivity index (χ4v) is 5.43. The van der Waals surface area contributed by atoms with Crippen molar-refractivity contribution in [2.45, 2.75) is 29.8 Å². The average Bonchev–Trinajstić information content (AvgIpc) is 3.16. The number of hydrogen-bond acceptors (Lipinski definition) is 6. The van der Waals surface area contributed by atoms with E-state index in [0.717, 1.165) is 5.56 Å². The van der Waals surface area contributed by atoms with Crippen LogP contribution in [0.25, 0.3) is 0 Å². The number of halogens is 1. The molecule has 0 aliphatic carbocycles. The first-order chi connectivity index (χ1) is 13.8. The molecule has 0 radical (unpaired) electrons. The van der Waals surface area contributed by atoms with Gasteiger partial charge in [0.25, 0.3) is 0 Å². The van der Waals surface area contributed by atoms with Crippen molar-refractivity contribution in [3.05, 3.63) is 47.1 Å². The lowest BCUT2D eigenvalue weighted by Crippen LogP contribution is -2.47. The number of nitrogens with one attached hydrogen (secondary N) is 1. The summed E-state index contributed by atoms with van der Waals surface area (Å²) in [5, 5.41) is 0.497. The number of amides is 1. The van der Waals surface area contributed by atoms with Crippen molar-refractivity contribution < 1.29 is 13.2 Å². The summed E-state index contributed by atoms with van der Waals surface area (Å²) >= 11 is 7.42. The van der Waals surface area contributed by atoms with Crippen LogP contribution in [0.15, 0.2) is 41.6 Å². The third-order valence-electron chi connectivity index (χ3n) is 4.36. The molecular formula is C18H22ClN5O3S2. The highest BCUT2D eigenvalue weighted by Crippen LogP contribution is 2.26. The van der Waals surface area contributed by atoms with Crippen LogP contribution < -0.4 is 4.72 Å². The predicted molar refractivity (Wildman–Crippen MR) is 114 cm³/mol. The van der Waals surface area contributed by atoms with Gasteiger partial charge in [-0.3, -0.25) is 9.52 Å². The zero-order chi connectivity index (χ0) is 21.0. The molecule has 1 aromatic carbocycles. The topological polar surface area (TPSA) is 95.5 Å². The number of anilines is 1. The van der Waals surface area contributed by atoms with Gasteiger partial charge < -0.3 is 4.90 Å². The fraction of sp³-hybridized carbons (Fsp3) is 0.389. The van der Waals surface area contributed by atoms with Crippen molar-refractivity contribution in [1.29, 1.82) is 0 Å². The monoisotopic (exact) mass is 455 g/mol. The number of nitrogens with zero attached hydrogens (tertiary/aromatic N) is 4. The van der Waals surface area contributed by atoms with Gasteiger partial charge in [0.1, 0.15) is 17.0 Å². The minimum absolute atomic E-state index is 0.0727. The molecule has 1 atom stereocenters. The number of rotatable bonds is 7. The van der Waals surface area contributed by atoms with E-state index in [0.29, 0.717) is 23.8 Å². The Labute approximate surface area is 179 Å². The molecule has 1 N–H and O–H groups in total. The van der Waals surface area contributed by atoms with Crippen LogP contribution in [0.3, 0.4) is 0 Å². The minimum atomic E-state index is -3.96. The van der Waals surface area contributed by atoms with Gasteiger partial charge in [0.05, 0.1) is 0 Å². The van der Waals surface area contributed by atoms with Crippen LogP contribution in [0.1, 0.15) is 18.4 Å². The summed E-state index contributed by atoms with van der Waals surface area (Å²) in [4.78, 5) is 22.1. The van der Waals surface area contributed by atoms with E-state index < -0.39 is 16.3 Å². The number of likely N-dealkylation sites (N-methyl/N-ethyl adjacent to an activating group) is 1. The van der Waals surface area contributed by atoms with Crippen LogP contribution in [0, 0.1) is 0 Å². The third kappa shape index (κ3) is 5.59. The highest BCUT2D eigenvalue weighted by atomic mass is 35.5. The molecule has 1 amide bonds. The molecule has 0 spiro atoms. The molecule has 29 heavy (non-hydrogen) atoms. The molecule has 2 heterocycles. The summed E-state index contributed by atoms with van der Waals surface area (Å²) in [7, 11) is -0.743. The van der Waals surface area contributed by atoms with E-state index in [2.05, 4.69) is 14.7 Å². The fourth-order valence-electron chi connectivity index (χ4n) is 3.00. The summed E-state index contributed by atoms with van der Waals surface area (Å²) in [6.07, 6.45) is 1.11. The molecule has 1 aromatic heterocycles. The van der Waals surface area contributed by atoms with E-state index in [9.17, 15) is 13.2 Å². The summed E-state index contributed by atoms with van der Waals surface area (Å²) in [6, 6.07) is 10.4. The van der Waals surface area contributed by atoms with Crippen molar-refractivity contribution in [3.8, 4) is 0 Å². The van der Waals surface area contributed by atoms with Gasteiger partial charge in [0.15, 0.2) is 5.16 Å². The number of aromatic nitrogens is 2. The first-order valence-corrected chi connectivity index (χ1v) is 11.8. The second-order valence-corrected chi connectivity index (χ2v) is 9.69. The summed E-state index contributed by atoms with van der Waals surface area (Å²) in [6.45, 7) is 0.272. The molecule has 156 valence electrons. The summed E-state index contributed by atoms with van der Waals surface area (Å²) in [5.74, 6) is 0.454. The van der Waals surface area contributed by atoms with Gasteiger partial charge >= 0.3 is 10.2 Å². The number of carbonyl (C=O) groups excluding carboxylic acids is 1. The van der Waals surface area contributed by atoms with Crippen LogP contribution in [0.2, 0.25) is 5.15 Å². The van der Waals surface area contributed by atoms with E-state index in [1.165, 1.54) is 27.0 Å². The van der Waals surface area contributed by atoms with E-state index in [-0.39, 0.29) is 23.4 Å². The van der Waals surface area contributed by atoms with Crippen molar-refractivity contribution in [2.24, 2.45) is 0 Å². The lowest BCUT2D eigenvalue weighted by Gasteiger charge is -2.25. The average molecular weight is 456 g/mol. The molecule has 1 saturated heterocycles. The normalized spacial score (nSPS) is 17.3. The minimum Gasteiger partial charge on any atom is -0.347 e. The van der Waals surface area contributed by atoms with Gasteiger partial charge in [0.2, 0.25) is 5.91 Å². The smallest absolute Gasteiger partial charge is 0.303 e. The molecule has 1 aliphatic heterocycles. The highest BCUT2D eigenvalue weighted by Gasteiger charge is 2.39. The van der Waals surface area contributed by atoms with Gasteiger partial charge in [-0.2, -0.15) is 12.7 Å². The maximum absolute atomic E-state index is 12.9. The quantitative estimate of drug-likeness (QED) is 0.391. The van der Waals surface area contributed by atoms with Gasteiger partial charge in [-0.25, -0.2) is 9.97 Å². The Morgan fingerprint density at radius 2 is 2.03 bits per heavy atom. The van der Waals surface area contributed by atoms with Crippen molar-refractivity contribution in [3.63, 3.8) is 0 Å². The molecule has 1 fully saturated rings. The molecule has 0 saturated carbocycles. The van der Waals surface area contributed by atoms with Gasteiger partial charge in [-0.1, -0.05) is 53.7 Å². The summed E-state index contributed by atoms with van der Waals surface area (Å²) < 4.78 is 29.4. The van der Waals surface area contributed by atoms with Crippen LogP contribution in [-0.2, 0) is 20.8 Å².